The quantitative estimate of drug-likeness (QED) is 0.857. The first-order chi connectivity index (χ1) is 10.1. The Labute approximate surface area is 123 Å². The molecule has 0 aliphatic rings. The molecule has 110 valence electrons. The first kappa shape index (κ1) is 15.1. The molecule has 2 aromatic carbocycles. The second-order valence-electron chi connectivity index (χ2n) is 4.74. The third-order valence-corrected chi connectivity index (χ3v) is 3.23. The predicted molar refractivity (Wildman–Crippen MR) is 79.1 cm³/mol. The van der Waals surface area contributed by atoms with Gasteiger partial charge in [-0.15, -0.1) is 0 Å². The molecule has 0 amide bonds. The number of esters is 1. The first-order valence-electron chi connectivity index (χ1n) is 6.70. The molecule has 0 saturated heterocycles. The van der Waals surface area contributed by atoms with Gasteiger partial charge in [0, 0.05) is 0 Å². The van der Waals surface area contributed by atoms with E-state index in [2.05, 4.69) is 4.74 Å². The summed E-state index contributed by atoms with van der Waals surface area (Å²) in [5.74, 6) is 0.235. The molecule has 2 rings (SSSR count). The van der Waals surface area contributed by atoms with Gasteiger partial charge in [-0.25, -0.2) is 0 Å². The van der Waals surface area contributed by atoms with Crippen molar-refractivity contribution < 1.29 is 19.4 Å². The van der Waals surface area contributed by atoms with E-state index in [1.807, 2.05) is 30.3 Å². The van der Waals surface area contributed by atoms with Crippen LogP contribution in [0.2, 0.25) is 0 Å². The van der Waals surface area contributed by atoms with Crippen molar-refractivity contribution >= 4 is 5.97 Å². The Hall–Kier alpha value is -2.33. The average Bonchev–Trinajstić information content (AvgIpc) is 2.54. The summed E-state index contributed by atoms with van der Waals surface area (Å²) in [6.45, 7) is 1.63. The molecule has 0 heterocycles. The summed E-state index contributed by atoms with van der Waals surface area (Å²) in [6, 6.07) is 16.4. The molecule has 4 nitrogen and oxygen atoms in total. The molecular weight excluding hydrogens is 268 g/mol. The number of benzene rings is 2. The molecular formula is C17H18O4. The Morgan fingerprint density at radius 2 is 1.71 bits per heavy atom. The van der Waals surface area contributed by atoms with Crippen LogP contribution in [0.15, 0.2) is 54.6 Å². The molecule has 0 saturated carbocycles. The number of carbonyl (C=O) groups is 1. The Bertz CT molecular complexity index is 595. The van der Waals surface area contributed by atoms with E-state index < -0.39 is 18.0 Å². The highest BCUT2D eigenvalue weighted by Gasteiger charge is 2.24. The Morgan fingerprint density at radius 3 is 2.38 bits per heavy atom. The number of methoxy groups -OCH3 is 1. The lowest BCUT2D eigenvalue weighted by Crippen LogP contribution is -2.20. The fourth-order valence-electron chi connectivity index (χ4n) is 1.99. The van der Waals surface area contributed by atoms with Crippen molar-refractivity contribution in [2.75, 3.05) is 7.11 Å². The molecule has 0 aliphatic carbocycles. The van der Waals surface area contributed by atoms with Crippen LogP contribution in [0.1, 0.15) is 18.6 Å². The largest absolute Gasteiger partial charge is 0.469 e. The maximum Gasteiger partial charge on any atom is 0.311 e. The number of aliphatic hydroxyl groups is 1. The number of rotatable bonds is 5. The number of aliphatic hydroxyl groups excluding tert-OH is 1. The van der Waals surface area contributed by atoms with Crippen LogP contribution in [0.3, 0.4) is 0 Å². The Morgan fingerprint density at radius 1 is 1.05 bits per heavy atom. The summed E-state index contributed by atoms with van der Waals surface area (Å²) in [7, 11) is 1.31. The van der Waals surface area contributed by atoms with Gasteiger partial charge in [-0.2, -0.15) is 0 Å². The van der Waals surface area contributed by atoms with Gasteiger partial charge in [-0.05, 0) is 36.8 Å². The van der Waals surface area contributed by atoms with Crippen LogP contribution in [-0.4, -0.2) is 18.2 Å². The van der Waals surface area contributed by atoms with Gasteiger partial charge in [0.1, 0.15) is 11.5 Å². The molecule has 1 N–H and O–H groups in total. The SMILES string of the molecule is COC(=O)C(C)C(O)c1cccc(Oc2ccccc2)c1. The van der Waals surface area contributed by atoms with Gasteiger partial charge >= 0.3 is 5.97 Å². The summed E-state index contributed by atoms with van der Waals surface area (Å²) in [5.41, 5.74) is 0.612. The summed E-state index contributed by atoms with van der Waals surface area (Å²) in [4.78, 5) is 11.5. The minimum atomic E-state index is -0.934. The van der Waals surface area contributed by atoms with Crippen molar-refractivity contribution in [3.8, 4) is 11.5 Å². The third kappa shape index (κ3) is 3.83. The maximum atomic E-state index is 11.5. The highest BCUT2D eigenvalue weighted by molar-refractivity contribution is 5.72. The van der Waals surface area contributed by atoms with Crippen molar-refractivity contribution in [1.29, 1.82) is 0 Å². The lowest BCUT2D eigenvalue weighted by molar-refractivity contribution is -0.148. The third-order valence-electron chi connectivity index (χ3n) is 3.23. The predicted octanol–water partition coefficient (Wildman–Crippen LogP) is 3.32. The molecule has 21 heavy (non-hydrogen) atoms. The van der Waals surface area contributed by atoms with Gasteiger partial charge in [0.25, 0.3) is 0 Å². The van der Waals surface area contributed by atoms with E-state index in [9.17, 15) is 9.90 Å². The second-order valence-corrected chi connectivity index (χ2v) is 4.74. The van der Waals surface area contributed by atoms with Crippen molar-refractivity contribution in [2.45, 2.75) is 13.0 Å². The number of para-hydroxylation sites is 1. The Kier molecular flexibility index (Phi) is 4.95. The smallest absolute Gasteiger partial charge is 0.311 e. The zero-order valence-corrected chi connectivity index (χ0v) is 12.0. The molecule has 4 heteroatoms. The van der Waals surface area contributed by atoms with Crippen molar-refractivity contribution in [1.82, 2.24) is 0 Å². The van der Waals surface area contributed by atoms with Crippen LogP contribution in [0.25, 0.3) is 0 Å². The van der Waals surface area contributed by atoms with Crippen molar-refractivity contribution in [3.63, 3.8) is 0 Å². The fraction of sp³-hybridized carbons (Fsp3) is 0.235. The van der Waals surface area contributed by atoms with Gasteiger partial charge in [0.2, 0.25) is 0 Å². The van der Waals surface area contributed by atoms with E-state index in [1.165, 1.54) is 7.11 Å². The van der Waals surface area contributed by atoms with Crippen molar-refractivity contribution in [2.24, 2.45) is 5.92 Å². The second kappa shape index (κ2) is 6.90. The van der Waals surface area contributed by atoms with Gasteiger partial charge in [-0.1, -0.05) is 30.3 Å². The van der Waals surface area contributed by atoms with E-state index in [-0.39, 0.29) is 0 Å². The standard InChI is InChI=1S/C17H18O4/c1-12(17(19)20-2)16(18)13-7-6-10-15(11-13)21-14-8-4-3-5-9-14/h3-12,16,18H,1-2H3. The zero-order chi connectivity index (χ0) is 15.2. The minimum absolute atomic E-state index is 0.447. The highest BCUT2D eigenvalue weighted by atomic mass is 16.5. The summed E-state index contributed by atoms with van der Waals surface area (Å²) < 4.78 is 10.4. The van der Waals surface area contributed by atoms with Crippen LogP contribution >= 0.6 is 0 Å². The highest BCUT2D eigenvalue weighted by Crippen LogP contribution is 2.28. The number of hydrogen-bond acceptors (Lipinski definition) is 4. The molecule has 0 radical (unpaired) electrons. The first-order valence-corrected chi connectivity index (χ1v) is 6.70. The van der Waals surface area contributed by atoms with E-state index >= 15 is 0 Å². The zero-order valence-electron chi connectivity index (χ0n) is 12.0. The maximum absolute atomic E-state index is 11.5. The molecule has 2 atom stereocenters. The van der Waals surface area contributed by atoms with Crippen LogP contribution in [0.5, 0.6) is 11.5 Å². The normalized spacial score (nSPS) is 13.3. The monoisotopic (exact) mass is 286 g/mol. The summed E-state index contributed by atoms with van der Waals surface area (Å²) in [6.07, 6.45) is -0.934. The van der Waals surface area contributed by atoms with Gasteiger partial charge in [-0.3, -0.25) is 4.79 Å². The number of hydrogen-bond donors (Lipinski definition) is 1. The van der Waals surface area contributed by atoms with Crippen LogP contribution in [0.4, 0.5) is 0 Å². The van der Waals surface area contributed by atoms with Crippen molar-refractivity contribution in [3.05, 3.63) is 60.2 Å². The average molecular weight is 286 g/mol. The van der Waals surface area contributed by atoms with Crippen LogP contribution < -0.4 is 4.74 Å². The molecule has 0 aromatic heterocycles. The Balaban J connectivity index is 2.16. The molecule has 0 spiro atoms. The lowest BCUT2D eigenvalue weighted by atomic mass is 9.97. The molecule has 2 aromatic rings. The van der Waals surface area contributed by atoms with E-state index in [1.54, 1.807) is 31.2 Å². The molecule has 2 unspecified atom stereocenters. The number of carbonyl (C=O) groups excluding carboxylic acids is 1. The van der Waals surface area contributed by atoms with Gasteiger partial charge in [0.05, 0.1) is 19.1 Å². The molecule has 0 aliphatic heterocycles. The van der Waals surface area contributed by atoms with Gasteiger partial charge in [0.15, 0.2) is 0 Å². The van der Waals surface area contributed by atoms with E-state index in [4.69, 9.17) is 4.74 Å². The number of ether oxygens (including phenoxy) is 2. The lowest BCUT2D eigenvalue weighted by Gasteiger charge is -2.17. The molecule has 0 fully saturated rings. The molecule has 0 bridgehead atoms. The summed E-state index contributed by atoms with van der Waals surface area (Å²) in [5, 5.41) is 10.2. The van der Waals surface area contributed by atoms with E-state index in [0.29, 0.717) is 17.1 Å². The van der Waals surface area contributed by atoms with Crippen LogP contribution in [-0.2, 0) is 9.53 Å². The summed E-state index contributed by atoms with van der Waals surface area (Å²) >= 11 is 0. The van der Waals surface area contributed by atoms with Gasteiger partial charge < -0.3 is 14.6 Å². The minimum Gasteiger partial charge on any atom is -0.469 e. The fourth-order valence-corrected chi connectivity index (χ4v) is 1.99. The van der Waals surface area contributed by atoms with Crippen LogP contribution in [0, 0.1) is 5.92 Å². The van der Waals surface area contributed by atoms with E-state index in [0.717, 1.165) is 0 Å². The topological polar surface area (TPSA) is 55.8 Å².